The second kappa shape index (κ2) is 7.08. The molecule has 106 valence electrons. The number of nitrogens with zero attached hydrogens (tertiary/aromatic N) is 2. The number of nitrogens with one attached hydrogen (secondary N) is 1. The molecule has 0 radical (unpaired) electrons. The van der Waals surface area contributed by atoms with E-state index in [0.717, 1.165) is 10.7 Å². The predicted molar refractivity (Wildman–Crippen MR) is 73.2 cm³/mol. The minimum absolute atomic E-state index is 0.0449. The third-order valence-corrected chi connectivity index (χ3v) is 3.36. The quantitative estimate of drug-likeness (QED) is 0.835. The number of thiazole rings is 1. The lowest BCUT2D eigenvalue weighted by atomic mass is 10.3. The van der Waals surface area contributed by atoms with Gasteiger partial charge in [0.2, 0.25) is 0 Å². The van der Waals surface area contributed by atoms with Gasteiger partial charge < -0.3 is 15.3 Å². The van der Waals surface area contributed by atoms with Crippen LogP contribution in [0.25, 0.3) is 0 Å². The third-order valence-electron chi connectivity index (χ3n) is 2.54. The summed E-state index contributed by atoms with van der Waals surface area (Å²) in [5.74, 6) is -0.909. The van der Waals surface area contributed by atoms with Crippen LogP contribution in [-0.4, -0.2) is 39.6 Å². The number of rotatable bonds is 6. The number of carbonyl (C=O) groups excluding carboxylic acids is 1. The van der Waals surface area contributed by atoms with Crippen molar-refractivity contribution < 1.29 is 14.7 Å². The third kappa shape index (κ3) is 5.25. The first kappa shape index (κ1) is 15.4. The summed E-state index contributed by atoms with van der Waals surface area (Å²) in [5.41, 5.74) is 0.817. The van der Waals surface area contributed by atoms with Crippen molar-refractivity contribution in [2.75, 3.05) is 6.54 Å². The molecular weight excluding hydrogens is 266 g/mol. The molecule has 0 spiro atoms. The summed E-state index contributed by atoms with van der Waals surface area (Å²) in [7, 11) is 0. The molecule has 6 nitrogen and oxygen atoms in total. The first-order valence-electron chi connectivity index (χ1n) is 6.07. The lowest BCUT2D eigenvalue weighted by molar-refractivity contribution is -0.137. The van der Waals surface area contributed by atoms with Crippen LogP contribution >= 0.6 is 11.3 Å². The number of urea groups is 1. The van der Waals surface area contributed by atoms with Gasteiger partial charge in [0.25, 0.3) is 0 Å². The van der Waals surface area contributed by atoms with Crippen LogP contribution in [0.1, 0.15) is 31.0 Å². The Hall–Kier alpha value is -1.63. The first-order chi connectivity index (χ1) is 8.90. The second-order valence-corrected chi connectivity index (χ2v) is 5.51. The van der Waals surface area contributed by atoms with Gasteiger partial charge in [-0.1, -0.05) is 0 Å². The molecule has 7 heteroatoms. The summed E-state index contributed by atoms with van der Waals surface area (Å²) in [6.45, 7) is 6.18. The van der Waals surface area contributed by atoms with E-state index in [0.29, 0.717) is 6.54 Å². The Kier molecular flexibility index (Phi) is 5.75. The molecule has 0 fully saturated rings. The van der Waals surface area contributed by atoms with E-state index in [1.54, 1.807) is 0 Å². The van der Waals surface area contributed by atoms with Gasteiger partial charge in [-0.05, 0) is 20.8 Å². The average molecular weight is 285 g/mol. The molecule has 2 amide bonds. The lowest BCUT2D eigenvalue weighted by Gasteiger charge is -2.26. The normalized spacial score (nSPS) is 10.5. The molecular formula is C12H19N3O3S. The van der Waals surface area contributed by atoms with Crippen molar-refractivity contribution in [2.24, 2.45) is 0 Å². The summed E-state index contributed by atoms with van der Waals surface area (Å²) >= 11 is 1.53. The molecule has 1 aromatic heterocycles. The molecule has 0 saturated carbocycles. The number of carboxylic acid groups (broad SMARTS) is 1. The monoisotopic (exact) mass is 285 g/mol. The van der Waals surface area contributed by atoms with E-state index in [1.165, 1.54) is 16.2 Å². The van der Waals surface area contributed by atoms with Gasteiger partial charge in [0.15, 0.2) is 0 Å². The van der Waals surface area contributed by atoms with E-state index in [2.05, 4.69) is 10.3 Å². The molecule has 0 bridgehead atoms. The van der Waals surface area contributed by atoms with E-state index in [-0.39, 0.29) is 25.0 Å². The molecule has 1 rings (SSSR count). The molecule has 0 saturated heterocycles. The smallest absolute Gasteiger partial charge is 0.317 e. The maximum Gasteiger partial charge on any atom is 0.317 e. The summed E-state index contributed by atoms with van der Waals surface area (Å²) in [5, 5.41) is 14.3. The fourth-order valence-corrected chi connectivity index (χ4v) is 2.18. The van der Waals surface area contributed by atoms with Crippen LogP contribution in [0.15, 0.2) is 5.38 Å². The molecule has 0 aromatic carbocycles. The predicted octanol–water partition coefficient (Wildman–Crippen LogP) is 1.85. The molecule has 19 heavy (non-hydrogen) atoms. The largest absolute Gasteiger partial charge is 0.481 e. The molecule has 0 aliphatic heterocycles. The van der Waals surface area contributed by atoms with Crippen molar-refractivity contribution in [2.45, 2.75) is 39.8 Å². The van der Waals surface area contributed by atoms with Gasteiger partial charge in [-0.2, -0.15) is 0 Å². The fraction of sp³-hybridized carbons (Fsp3) is 0.583. The van der Waals surface area contributed by atoms with Gasteiger partial charge in [-0.15, -0.1) is 11.3 Å². The maximum absolute atomic E-state index is 12.0. The Morgan fingerprint density at radius 3 is 2.68 bits per heavy atom. The average Bonchev–Trinajstić information content (AvgIpc) is 2.72. The molecule has 2 N–H and O–H groups in total. The Morgan fingerprint density at radius 2 is 2.21 bits per heavy atom. The summed E-state index contributed by atoms with van der Waals surface area (Å²) in [6.07, 6.45) is -0.0542. The van der Waals surface area contributed by atoms with Crippen molar-refractivity contribution in [3.63, 3.8) is 0 Å². The molecule has 1 heterocycles. The van der Waals surface area contributed by atoms with Gasteiger partial charge in [-0.3, -0.25) is 4.79 Å². The minimum atomic E-state index is -0.909. The summed E-state index contributed by atoms with van der Waals surface area (Å²) in [6, 6.07) is -0.307. The van der Waals surface area contributed by atoms with Crippen LogP contribution in [0.2, 0.25) is 0 Å². The van der Waals surface area contributed by atoms with Crippen LogP contribution in [-0.2, 0) is 11.3 Å². The highest BCUT2D eigenvalue weighted by molar-refractivity contribution is 7.09. The Balaban J connectivity index is 2.49. The van der Waals surface area contributed by atoms with Crippen molar-refractivity contribution in [1.29, 1.82) is 0 Å². The number of carboxylic acids is 1. The SMILES string of the molecule is Cc1nc(CNC(=O)N(CCC(=O)O)C(C)C)cs1. The standard InChI is InChI=1S/C12H19N3O3S/c1-8(2)15(5-4-11(16)17)12(18)13-6-10-7-19-9(3)14-10/h7-8H,4-6H2,1-3H3,(H,13,18)(H,16,17). The van der Waals surface area contributed by atoms with Crippen LogP contribution < -0.4 is 5.32 Å². The van der Waals surface area contributed by atoms with Gasteiger partial charge in [0, 0.05) is 18.0 Å². The maximum atomic E-state index is 12.0. The molecule has 0 atom stereocenters. The molecule has 0 aliphatic rings. The van der Waals surface area contributed by atoms with Gasteiger partial charge in [0.05, 0.1) is 23.7 Å². The van der Waals surface area contributed by atoms with E-state index >= 15 is 0 Å². The fourth-order valence-electron chi connectivity index (χ4n) is 1.57. The summed E-state index contributed by atoms with van der Waals surface area (Å²) in [4.78, 5) is 28.3. The van der Waals surface area contributed by atoms with Crippen molar-refractivity contribution in [1.82, 2.24) is 15.2 Å². The van der Waals surface area contributed by atoms with Crippen LogP contribution in [0.5, 0.6) is 0 Å². The highest BCUT2D eigenvalue weighted by Crippen LogP contribution is 2.08. The second-order valence-electron chi connectivity index (χ2n) is 4.45. The summed E-state index contributed by atoms with van der Waals surface area (Å²) < 4.78 is 0. The minimum Gasteiger partial charge on any atom is -0.481 e. The highest BCUT2D eigenvalue weighted by atomic mass is 32.1. The van der Waals surface area contributed by atoms with Gasteiger partial charge >= 0.3 is 12.0 Å². The van der Waals surface area contributed by atoms with Crippen molar-refractivity contribution in [3.8, 4) is 0 Å². The number of carbonyl (C=O) groups is 2. The van der Waals surface area contributed by atoms with E-state index < -0.39 is 5.97 Å². The molecule has 0 unspecified atom stereocenters. The van der Waals surface area contributed by atoms with E-state index in [4.69, 9.17) is 5.11 Å². The highest BCUT2D eigenvalue weighted by Gasteiger charge is 2.17. The van der Waals surface area contributed by atoms with E-state index in [9.17, 15) is 9.59 Å². The lowest BCUT2D eigenvalue weighted by Crippen LogP contribution is -2.44. The molecule has 0 aliphatic carbocycles. The number of aliphatic carboxylic acids is 1. The number of hydrogen-bond acceptors (Lipinski definition) is 4. The van der Waals surface area contributed by atoms with Gasteiger partial charge in [-0.25, -0.2) is 9.78 Å². The van der Waals surface area contributed by atoms with Crippen molar-refractivity contribution in [3.05, 3.63) is 16.1 Å². The van der Waals surface area contributed by atoms with Gasteiger partial charge in [0.1, 0.15) is 0 Å². The Morgan fingerprint density at radius 1 is 1.53 bits per heavy atom. The Labute approximate surface area is 116 Å². The number of hydrogen-bond donors (Lipinski definition) is 2. The van der Waals surface area contributed by atoms with Crippen LogP contribution in [0.3, 0.4) is 0 Å². The number of aryl methyl sites for hydroxylation is 1. The Bertz CT molecular complexity index is 445. The zero-order chi connectivity index (χ0) is 14.4. The van der Waals surface area contributed by atoms with Crippen LogP contribution in [0, 0.1) is 6.92 Å². The van der Waals surface area contributed by atoms with Crippen LogP contribution in [0.4, 0.5) is 4.79 Å². The zero-order valence-electron chi connectivity index (χ0n) is 11.3. The topological polar surface area (TPSA) is 82.5 Å². The zero-order valence-corrected chi connectivity index (χ0v) is 12.2. The first-order valence-corrected chi connectivity index (χ1v) is 6.95. The molecule has 1 aromatic rings. The number of amides is 2. The van der Waals surface area contributed by atoms with Crippen molar-refractivity contribution >= 4 is 23.3 Å². The van der Waals surface area contributed by atoms with E-state index in [1.807, 2.05) is 26.2 Å². The number of aromatic nitrogens is 1.